The number of nitrogens with zero attached hydrogens (tertiary/aromatic N) is 1. The SMILES string of the molecule is O=C(ON1C(=O)c2ccccc2C1O)c1ccc(C(F)(F)F)cc1C(F)(F)F. The number of hydroxylamine groups is 2. The maximum absolute atomic E-state index is 13.2. The van der Waals surface area contributed by atoms with Crippen molar-refractivity contribution in [2.75, 3.05) is 0 Å². The molecule has 0 aromatic heterocycles. The average molecular weight is 405 g/mol. The number of alkyl halides is 6. The van der Waals surface area contributed by atoms with Crippen LogP contribution < -0.4 is 0 Å². The Bertz CT molecular complexity index is 953. The maximum Gasteiger partial charge on any atom is 0.417 e. The summed E-state index contributed by atoms with van der Waals surface area (Å²) in [6.45, 7) is 0. The third-order valence-corrected chi connectivity index (χ3v) is 3.95. The Hall–Kier alpha value is -3.08. The van der Waals surface area contributed by atoms with E-state index in [2.05, 4.69) is 4.84 Å². The summed E-state index contributed by atoms with van der Waals surface area (Å²) in [5, 5.41) is 10.2. The average Bonchev–Trinajstić information content (AvgIpc) is 2.85. The molecule has 11 heteroatoms. The summed E-state index contributed by atoms with van der Waals surface area (Å²) in [6.07, 6.45) is -12.1. The minimum absolute atomic E-state index is 0.0359. The lowest BCUT2D eigenvalue weighted by Crippen LogP contribution is -2.32. The first-order chi connectivity index (χ1) is 12.9. The lowest BCUT2D eigenvalue weighted by Gasteiger charge is -2.21. The second-order valence-electron chi connectivity index (χ2n) is 5.73. The molecule has 2 aromatic rings. The van der Waals surface area contributed by atoms with Crippen molar-refractivity contribution in [2.24, 2.45) is 0 Å². The van der Waals surface area contributed by atoms with E-state index >= 15 is 0 Å². The van der Waals surface area contributed by atoms with Gasteiger partial charge in [-0.2, -0.15) is 26.3 Å². The zero-order valence-corrected chi connectivity index (χ0v) is 13.5. The van der Waals surface area contributed by atoms with Gasteiger partial charge in [0.25, 0.3) is 5.91 Å². The summed E-state index contributed by atoms with van der Waals surface area (Å²) in [6, 6.07) is 5.91. The van der Waals surface area contributed by atoms with Crippen molar-refractivity contribution < 1.29 is 45.9 Å². The van der Waals surface area contributed by atoms with Crippen LogP contribution in [-0.2, 0) is 17.2 Å². The lowest BCUT2D eigenvalue weighted by atomic mass is 10.0. The smallest absolute Gasteiger partial charge is 0.367 e. The lowest BCUT2D eigenvalue weighted by molar-refractivity contribution is -0.160. The van der Waals surface area contributed by atoms with Crippen molar-refractivity contribution in [2.45, 2.75) is 18.6 Å². The van der Waals surface area contributed by atoms with Crippen molar-refractivity contribution in [3.63, 3.8) is 0 Å². The van der Waals surface area contributed by atoms with E-state index < -0.39 is 47.1 Å². The van der Waals surface area contributed by atoms with Crippen molar-refractivity contribution >= 4 is 11.9 Å². The summed E-state index contributed by atoms with van der Waals surface area (Å²) < 4.78 is 77.6. The monoisotopic (exact) mass is 405 g/mol. The first-order valence-electron chi connectivity index (χ1n) is 7.52. The van der Waals surface area contributed by atoms with Crippen molar-refractivity contribution in [3.8, 4) is 0 Å². The number of fused-ring (bicyclic) bond motifs is 1. The number of aliphatic hydroxyl groups is 1. The fourth-order valence-corrected chi connectivity index (χ4v) is 2.64. The molecule has 0 fully saturated rings. The van der Waals surface area contributed by atoms with E-state index in [1.165, 1.54) is 24.3 Å². The van der Waals surface area contributed by atoms with E-state index in [0.29, 0.717) is 6.07 Å². The molecule has 1 amide bonds. The fraction of sp³-hybridized carbons (Fsp3) is 0.176. The van der Waals surface area contributed by atoms with Crippen LogP contribution in [0.3, 0.4) is 0 Å². The predicted molar refractivity (Wildman–Crippen MR) is 79.4 cm³/mol. The third-order valence-electron chi connectivity index (χ3n) is 3.95. The Balaban J connectivity index is 1.94. The summed E-state index contributed by atoms with van der Waals surface area (Å²) in [7, 11) is 0. The van der Waals surface area contributed by atoms with Crippen LogP contribution in [0.4, 0.5) is 26.3 Å². The Morgan fingerprint density at radius 1 is 1.00 bits per heavy atom. The number of hydrogen-bond donors (Lipinski definition) is 1. The molecular formula is C17H9F6NO4. The van der Waals surface area contributed by atoms with Gasteiger partial charge in [-0.15, -0.1) is 5.06 Å². The molecule has 1 aliphatic heterocycles. The fourth-order valence-electron chi connectivity index (χ4n) is 2.64. The highest BCUT2D eigenvalue weighted by Crippen LogP contribution is 2.38. The van der Waals surface area contributed by atoms with Crippen molar-refractivity contribution in [1.82, 2.24) is 5.06 Å². The Morgan fingerprint density at radius 3 is 2.21 bits per heavy atom. The number of amides is 1. The summed E-state index contributed by atoms with van der Waals surface area (Å²) in [5.41, 5.74) is -4.71. The van der Waals surface area contributed by atoms with Gasteiger partial charge in [-0.25, -0.2) is 4.79 Å². The molecule has 0 aliphatic carbocycles. The summed E-state index contributed by atoms with van der Waals surface area (Å²) in [4.78, 5) is 28.9. The number of hydrogen-bond acceptors (Lipinski definition) is 4. The van der Waals surface area contributed by atoms with Crippen LogP contribution in [0.1, 0.15) is 43.6 Å². The Kier molecular flexibility index (Phi) is 4.58. The Labute approximate surface area is 152 Å². The normalized spacial score (nSPS) is 16.9. The van der Waals surface area contributed by atoms with E-state index in [0.717, 1.165) is 0 Å². The first kappa shape index (κ1) is 19.7. The number of rotatable bonds is 2. The number of carbonyl (C=O) groups excluding carboxylic acids is 2. The van der Waals surface area contributed by atoms with Gasteiger partial charge >= 0.3 is 18.3 Å². The van der Waals surface area contributed by atoms with E-state index in [1.54, 1.807) is 0 Å². The Morgan fingerprint density at radius 2 is 1.64 bits per heavy atom. The van der Waals surface area contributed by atoms with Crippen molar-refractivity contribution in [3.05, 3.63) is 70.3 Å². The molecule has 0 bridgehead atoms. The van der Waals surface area contributed by atoms with Crippen LogP contribution in [0.2, 0.25) is 0 Å². The van der Waals surface area contributed by atoms with Crippen LogP contribution in [-0.4, -0.2) is 22.0 Å². The van der Waals surface area contributed by atoms with E-state index in [1.807, 2.05) is 0 Å². The van der Waals surface area contributed by atoms with Gasteiger partial charge in [-0.1, -0.05) is 18.2 Å². The van der Waals surface area contributed by atoms with E-state index in [9.17, 15) is 41.0 Å². The van der Waals surface area contributed by atoms with Gasteiger partial charge in [0.15, 0.2) is 6.23 Å². The predicted octanol–water partition coefficient (Wildman–Crippen LogP) is 3.94. The molecule has 0 saturated heterocycles. The molecule has 5 nitrogen and oxygen atoms in total. The molecule has 1 N–H and O–H groups in total. The maximum atomic E-state index is 13.2. The van der Waals surface area contributed by atoms with Crippen LogP contribution in [0.15, 0.2) is 42.5 Å². The number of benzene rings is 2. The molecule has 1 heterocycles. The molecule has 1 atom stereocenters. The zero-order chi connectivity index (χ0) is 20.9. The highest BCUT2D eigenvalue weighted by atomic mass is 19.4. The molecule has 148 valence electrons. The standard InChI is InChI=1S/C17H9F6NO4/c18-16(19,20)8-5-6-11(12(7-8)17(21,22)23)15(27)28-24-13(25)9-3-1-2-4-10(9)14(24)26/h1-7,13,25H. The van der Waals surface area contributed by atoms with Gasteiger partial charge in [0.2, 0.25) is 0 Å². The van der Waals surface area contributed by atoms with Gasteiger partial charge in [-0.05, 0) is 24.3 Å². The number of carbonyl (C=O) groups is 2. The van der Waals surface area contributed by atoms with Gasteiger partial charge in [0.05, 0.1) is 22.3 Å². The van der Waals surface area contributed by atoms with Crippen LogP contribution in [0, 0.1) is 0 Å². The van der Waals surface area contributed by atoms with Crippen LogP contribution in [0.25, 0.3) is 0 Å². The number of aliphatic hydroxyl groups excluding tert-OH is 1. The number of halogens is 6. The molecule has 3 rings (SSSR count). The van der Waals surface area contributed by atoms with E-state index in [4.69, 9.17) is 0 Å². The highest BCUT2D eigenvalue weighted by molar-refractivity contribution is 6.00. The van der Waals surface area contributed by atoms with Gasteiger partial charge in [0.1, 0.15) is 0 Å². The van der Waals surface area contributed by atoms with Crippen LogP contribution >= 0.6 is 0 Å². The molecule has 28 heavy (non-hydrogen) atoms. The third kappa shape index (κ3) is 3.40. The van der Waals surface area contributed by atoms with Crippen molar-refractivity contribution in [1.29, 1.82) is 0 Å². The minimum Gasteiger partial charge on any atom is -0.367 e. The van der Waals surface area contributed by atoms with Gasteiger partial charge < -0.3 is 9.94 Å². The highest BCUT2D eigenvalue weighted by Gasteiger charge is 2.42. The molecule has 0 saturated carbocycles. The topological polar surface area (TPSA) is 66.8 Å². The molecule has 1 unspecified atom stereocenters. The zero-order valence-electron chi connectivity index (χ0n) is 13.5. The van der Waals surface area contributed by atoms with Crippen LogP contribution in [0.5, 0.6) is 0 Å². The minimum atomic E-state index is -5.30. The molecule has 0 radical (unpaired) electrons. The largest absolute Gasteiger partial charge is 0.417 e. The molecule has 2 aromatic carbocycles. The summed E-state index contributed by atoms with van der Waals surface area (Å²) >= 11 is 0. The molecule has 1 aliphatic rings. The van der Waals surface area contributed by atoms with E-state index in [-0.39, 0.29) is 28.3 Å². The second-order valence-corrected chi connectivity index (χ2v) is 5.73. The molecular weight excluding hydrogens is 396 g/mol. The van der Waals surface area contributed by atoms with Gasteiger partial charge in [0, 0.05) is 5.56 Å². The second kappa shape index (κ2) is 6.51. The first-order valence-corrected chi connectivity index (χ1v) is 7.52. The molecule has 0 spiro atoms. The quantitative estimate of drug-likeness (QED) is 0.769. The summed E-state index contributed by atoms with van der Waals surface area (Å²) in [5.74, 6) is -2.74. The van der Waals surface area contributed by atoms with Gasteiger partial charge in [-0.3, -0.25) is 4.79 Å².